The highest BCUT2D eigenvalue weighted by molar-refractivity contribution is 5.84. The summed E-state index contributed by atoms with van der Waals surface area (Å²) in [6.45, 7) is 8.87. The van der Waals surface area contributed by atoms with E-state index < -0.39 is 0 Å². The topological polar surface area (TPSA) is 44.8 Å². The molecule has 27 heavy (non-hydrogen) atoms. The molecule has 5 nitrogen and oxygen atoms in total. The molecule has 144 valence electrons. The molecule has 0 radical (unpaired) electrons. The molecule has 0 saturated carbocycles. The van der Waals surface area contributed by atoms with Crippen LogP contribution in [0.25, 0.3) is 0 Å². The maximum atomic E-state index is 12.8. The van der Waals surface area contributed by atoms with Gasteiger partial charge in [0.2, 0.25) is 5.91 Å². The van der Waals surface area contributed by atoms with E-state index in [1.165, 1.54) is 5.56 Å². The van der Waals surface area contributed by atoms with E-state index in [1.807, 2.05) is 49.1 Å². The molecule has 1 fully saturated rings. The summed E-state index contributed by atoms with van der Waals surface area (Å²) in [5, 5.41) is 3.30. The van der Waals surface area contributed by atoms with E-state index in [-0.39, 0.29) is 11.9 Å². The number of hydrogen-bond acceptors (Lipinski definition) is 4. The van der Waals surface area contributed by atoms with Crippen LogP contribution in [0.1, 0.15) is 19.4 Å². The van der Waals surface area contributed by atoms with Crippen molar-refractivity contribution in [2.45, 2.75) is 26.4 Å². The monoisotopic (exact) mass is 367 g/mol. The fourth-order valence-electron chi connectivity index (χ4n) is 3.37. The highest BCUT2D eigenvalue weighted by Crippen LogP contribution is 2.17. The van der Waals surface area contributed by atoms with Gasteiger partial charge in [-0.05, 0) is 43.7 Å². The fraction of sp³-hybridized carbons (Fsp3) is 0.409. The molecule has 3 rings (SSSR count). The zero-order valence-corrected chi connectivity index (χ0v) is 16.2. The van der Waals surface area contributed by atoms with Gasteiger partial charge in [0.1, 0.15) is 11.8 Å². The third-order valence-electron chi connectivity index (χ3n) is 4.85. The summed E-state index contributed by atoms with van der Waals surface area (Å²) in [5.41, 5.74) is 2.25. The summed E-state index contributed by atoms with van der Waals surface area (Å²) in [5.74, 6) is 1.000. The van der Waals surface area contributed by atoms with Crippen molar-refractivity contribution in [2.24, 2.45) is 0 Å². The molecule has 1 atom stereocenters. The molecule has 0 bridgehead atoms. The van der Waals surface area contributed by atoms with Crippen LogP contribution in [0.15, 0.2) is 54.6 Å². The third kappa shape index (κ3) is 5.47. The normalized spacial score (nSPS) is 16.0. The molecular formula is C22H29N3O2. The molecule has 0 aromatic heterocycles. The van der Waals surface area contributed by atoms with Crippen LogP contribution in [-0.2, 0) is 11.3 Å². The van der Waals surface area contributed by atoms with Crippen LogP contribution in [0, 0.1) is 0 Å². The number of ether oxygens (including phenoxy) is 1. The van der Waals surface area contributed by atoms with Gasteiger partial charge in [-0.15, -0.1) is 0 Å². The van der Waals surface area contributed by atoms with E-state index >= 15 is 0 Å². The summed E-state index contributed by atoms with van der Waals surface area (Å²) in [7, 11) is 0. The second-order valence-corrected chi connectivity index (χ2v) is 6.91. The van der Waals surface area contributed by atoms with E-state index in [1.54, 1.807) is 0 Å². The lowest BCUT2D eigenvalue weighted by molar-refractivity contribution is -0.133. The minimum absolute atomic E-state index is 0.156. The average Bonchev–Trinajstić information content (AvgIpc) is 2.70. The largest absolute Gasteiger partial charge is 0.494 e. The number of amides is 1. The number of rotatable bonds is 7. The first-order valence-electron chi connectivity index (χ1n) is 9.70. The smallest absolute Gasteiger partial charge is 0.244 e. The Morgan fingerprint density at radius 3 is 2.33 bits per heavy atom. The van der Waals surface area contributed by atoms with Crippen LogP contribution in [0.4, 0.5) is 5.69 Å². The lowest BCUT2D eigenvalue weighted by Crippen LogP contribution is -2.51. The number of piperazine rings is 1. The van der Waals surface area contributed by atoms with Gasteiger partial charge < -0.3 is 15.0 Å². The van der Waals surface area contributed by atoms with Crippen molar-refractivity contribution in [2.75, 3.05) is 38.1 Å². The summed E-state index contributed by atoms with van der Waals surface area (Å²) in [6.07, 6.45) is 0. The zero-order chi connectivity index (χ0) is 19.1. The van der Waals surface area contributed by atoms with Gasteiger partial charge >= 0.3 is 0 Å². The highest BCUT2D eigenvalue weighted by Gasteiger charge is 2.24. The molecule has 2 aromatic carbocycles. The average molecular weight is 367 g/mol. The van der Waals surface area contributed by atoms with Crippen LogP contribution >= 0.6 is 0 Å². The van der Waals surface area contributed by atoms with Crippen molar-refractivity contribution in [3.63, 3.8) is 0 Å². The van der Waals surface area contributed by atoms with Crippen LogP contribution in [-0.4, -0.2) is 54.5 Å². The van der Waals surface area contributed by atoms with Gasteiger partial charge in [0.05, 0.1) is 6.61 Å². The molecule has 0 unspecified atom stereocenters. The van der Waals surface area contributed by atoms with Gasteiger partial charge in [-0.3, -0.25) is 9.69 Å². The summed E-state index contributed by atoms with van der Waals surface area (Å²) < 4.78 is 5.45. The lowest BCUT2D eigenvalue weighted by atomic mass is 10.2. The molecule has 1 amide bonds. The van der Waals surface area contributed by atoms with Gasteiger partial charge in [-0.1, -0.05) is 30.3 Å². The molecule has 1 heterocycles. The first-order chi connectivity index (χ1) is 13.2. The number of nitrogens with one attached hydrogen (secondary N) is 1. The molecule has 0 aliphatic carbocycles. The number of carbonyl (C=O) groups is 1. The second-order valence-electron chi connectivity index (χ2n) is 6.91. The summed E-state index contributed by atoms with van der Waals surface area (Å²) >= 11 is 0. The Bertz CT molecular complexity index is 710. The van der Waals surface area contributed by atoms with E-state index in [2.05, 4.69) is 34.5 Å². The van der Waals surface area contributed by atoms with Crippen LogP contribution in [0.5, 0.6) is 5.75 Å². The van der Waals surface area contributed by atoms with Crippen molar-refractivity contribution in [3.8, 4) is 5.75 Å². The molecular weight excluding hydrogens is 338 g/mol. The third-order valence-corrected chi connectivity index (χ3v) is 4.85. The molecule has 1 aliphatic rings. The molecule has 1 aliphatic heterocycles. The minimum atomic E-state index is -0.247. The van der Waals surface area contributed by atoms with Crippen LogP contribution in [0.3, 0.4) is 0 Å². The van der Waals surface area contributed by atoms with Crippen LogP contribution in [0.2, 0.25) is 0 Å². The number of nitrogens with zero attached hydrogens (tertiary/aromatic N) is 2. The Labute approximate surface area is 161 Å². The standard InChI is InChI=1S/C22H29N3O2/c1-3-27-21-11-9-20(10-12-21)23-18(2)22(26)25-15-13-24(14-16-25)17-19-7-5-4-6-8-19/h4-12,18,23H,3,13-17H2,1-2H3/t18-/m1/s1. The van der Waals surface area contributed by atoms with E-state index in [4.69, 9.17) is 4.74 Å². The Hall–Kier alpha value is -2.53. The maximum absolute atomic E-state index is 12.8. The summed E-state index contributed by atoms with van der Waals surface area (Å²) in [4.78, 5) is 17.1. The predicted molar refractivity (Wildman–Crippen MR) is 109 cm³/mol. The van der Waals surface area contributed by atoms with Gasteiger partial charge in [0, 0.05) is 38.4 Å². The number of anilines is 1. The first-order valence-corrected chi connectivity index (χ1v) is 9.70. The van der Waals surface area contributed by atoms with Crippen molar-refractivity contribution >= 4 is 11.6 Å². The van der Waals surface area contributed by atoms with Gasteiger partial charge in [-0.25, -0.2) is 0 Å². The SMILES string of the molecule is CCOc1ccc(N[C@H](C)C(=O)N2CCN(Cc3ccccc3)CC2)cc1. The fourth-order valence-corrected chi connectivity index (χ4v) is 3.37. The second kappa shape index (κ2) is 9.42. The van der Waals surface area contributed by atoms with Crippen molar-refractivity contribution in [3.05, 3.63) is 60.2 Å². The lowest BCUT2D eigenvalue weighted by Gasteiger charge is -2.36. The van der Waals surface area contributed by atoms with E-state index in [9.17, 15) is 4.79 Å². The van der Waals surface area contributed by atoms with Crippen molar-refractivity contribution in [1.29, 1.82) is 0 Å². The molecule has 2 aromatic rings. The Balaban J connectivity index is 1.46. The molecule has 5 heteroatoms. The van der Waals surface area contributed by atoms with Gasteiger partial charge in [-0.2, -0.15) is 0 Å². The van der Waals surface area contributed by atoms with Crippen molar-refractivity contribution < 1.29 is 9.53 Å². The van der Waals surface area contributed by atoms with E-state index in [0.29, 0.717) is 6.61 Å². The Kier molecular flexibility index (Phi) is 6.71. The number of hydrogen-bond donors (Lipinski definition) is 1. The van der Waals surface area contributed by atoms with Gasteiger partial charge in [0.15, 0.2) is 0 Å². The van der Waals surface area contributed by atoms with Gasteiger partial charge in [0.25, 0.3) is 0 Å². The molecule has 1 saturated heterocycles. The first kappa shape index (κ1) is 19.2. The Morgan fingerprint density at radius 1 is 1.04 bits per heavy atom. The molecule has 1 N–H and O–H groups in total. The zero-order valence-electron chi connectivity index (χ0n) is 16.2. The highest BCUT2D eigenvalue weighted by atomic mass is 16.5. The summed E-state index contributed by atoms with van der Waals surface area (Å²) in [6, 6.07) is 18.0. The minimum Gasteiger partial charge on any atom is -0.494 e. The number of carbonyl (C=O) groups excluding carboxylic acids is 1. The molecule has 0 spiro atoms. The Morgan fingerprint density at radius 2 is 1.70 bits per heavy atom. The predicted octanol–water partition coefficient (Wildman–Crippen LogP) is 3.23. The number of benzene rings is 2. The van der Waals surface area contributed by atoms with Crippen LogP contribution < -0.4 is 10.1 Å². The maximum Gasteiger partial charge on any atom is 0.244 e. The quantitative estimate of drug-likeness (QED) is 0.816. The van der Waals surface area contributed by atoms with E-state index in [0.717, 1.165) is 44.2 Å². The van der Waals surface area contributed by atoms with Crippen molar-refractivity contribution in [1.82, 2.24) is 9.80 Å².